The van der Waals surface area contributed by atoms with Crippen molar-refractivity contribution >= 4 is 54.3 Å². The SMILES string of the molecule is c1ccc(-n2c(-c3ccc(-c4ccc(-c5nc6c7ccccc7c7ccccc7c6c6ccccc56)cc4)cc3)nc3ccccc32)cc1. The van der Waals surface area contributed by atoms with Crippen LogP contribution in [-0.2, 0) is 0 Å². The standard InChI is InChI=1S/C46H29N3/c1-2-12-34(13-3-1)49-42-21-11-10-20-41(42)47-46(49)33-28-24-31(25-29-33)30-22-26-32(27-23-30)44-40-19-9-7-17-38(40)43-37-16-6-4-14-35(37)36-15-5-8-18-39(36)45(43)48-44/h1-29H. The molecule has 0 atom stereocenters. The van der Waals surface area contributed by atoms with Crippen LogP contribution in [0.2, 0.25) is 0 Å². The average molecular weight is 624 g/mol. The number of hydrogen-bond donors (Lipinski definition) is 0. The van der Waals surface area contributed by atoms with Crippen LogP contribution in [0.25, 0.3) is 93.7 Å². The quantitative estimate of drug-likeness (QED) is 0.183. The highest BCUT2D eigenvalue weighted by Gasteiger charge is 2.17. The van der Waals surface area contributed by atoms with Crippen LogP contribution in [0.4, 0.5) is 0 Å². The fourth-order valence-corrected chi connectivity index (χ4v) is 7.50. The maximum atomic E-state index is 5.44. The summed E-state index contributed by atoms with van der Waals surface area (Å²) in [7, 11) is 0. The van der Waals surface area contributed by atoms with Gasteiger partial charge in [-0.1, -0.05) is 152 Å². The molecule has 0 spiro atoms. The summed E-state index contributed by atoms with van der Waals surface area (Å²) in [4.78, 5) is 10.5. The highest BCUT2D eigenvalue weighted by Crippen LogP contribution is 2.41. The molecule has 2 heterocycles. The number of para-hydroxylation sites is 3. The van der Waals surface area contributed by atoms with E-state index in [2.05, 4.69) is 168 Å². The van der Waals surface area contributed by atoms with Crippen molar-refractivity contribution in [2.24, 2.45) is 0 Å². The molecule has 0 saturated carbocycles. The molecule has 0 aliphatic rings. The summed E-state index contributed by atoms with van der Waals surface area (Å²) in [5.41, 5.74) is 9.73. The Morgan fingerprint density at radius 1 is 0.347 bits per heavy atom. The second-order valence-electron chi connectivity index (χ2n) is 12.6. The van der Waals surface area contributed by atoms with Crippen molar-refractivity contribution in [3.63, 3.8) is 0 Å². The topological polar surface area (TPSA) is 30.7 Å². The Balaban J connectivity index is 1.07. The zero-order chi connectivity index (χ0) is 32.3. The molecule has 0 aliphatic carbocycles. The van der Waals surface area contributed by atoms with Crippen LogP contribution in [-0.4, -0.2) is 14.5 Å². The van der Waals surface area contributed by atoms with Gasteiger partial charge in [-0.25, -0.2) is 9.97 Å². The Kier molecular flexibility index (Phi) is 6.18. The number of aromatic nitrogens is 3. The number of nitrogens with zero attached hydrogens (tertiary/aromatic N) is 3. The highest BCUT2D eigenvalue weighted by molar-refractivity contribution is 6.31. The van der Waals surface area contributed by atoms with E-state index >= 15 is 0 Å². The normalized spacial score (nSPS) is 11.7. The van der Waals surface area contributed by atoms with Crippen LogP contribution in [0.15, 0.2) is 176 Å². The van der Waals surface area contributed by atoms with Gasteiger partial charge in [0.2, 0.25) is 0 Å². The molecular formula is C46H29N3. The molecule has 0 N–H and O–H groups in total. The van der Waals surface area contributed by atoms with Gasteiger partial charge < -0.3 is 0 Å². The average Bonchev–Trinajstić information content (AvgIpc) is 3.58. The Hall–Kier alpha value is -6.58. The Morgan fingerprint density at radius 3 is 1.53 bits per heavy atom. The van der Waals surface area contributed by atoms with E-state index in [0.717, 1.165) is 61.4 Å². The number of imidazole rings is 1. The lowest BCUT2D eigenvalue weighted by molar-refractivity contribution is 1.10. The molecule has 10 aromatic rings. The first-order valence-electron chi connectivity index (χ1n) is 16.7. The minimum absolute atomic E-state index is 0.934. The van der Waals surface area contributed by atoms with Crippen molar-refractivity contribution in [2.75, 3.05) is 0 Å². The summed E-state index contributed by atoms with van der Waals surface area (Å²) in [6.45, 7) is 0. The molecule has 0 bridgehead atoms. The van der Waals surface area contributed by atoms with Gasteiger partial charge in [0.1, 0.15) is 5.82 Å². The molecule has 228 valence electrons. The summed E-state index contributed by atoms with van der Waals surface area (Å²) in [5.74, 6) is 0.934. The summed E-state index contributed by atoms with van der Waals surface area (Å²) in [6.07, 6.45) is 0. The van der Waals surface area contributed by atoms with E-state index in [9.17, 15) is 0 Å². The predicted octanol–water partition coefficient (Wildman–Crippen LogP) is 12.0. The number of hydrogen-bond acceptors (Lipinski definition) is 2. The largest absolute Gasteiger partial charge is 0.292 e. The number of pyridine rings is 1. The molecule has 0 fully saturated rings. The van der Waals surface area contributed by atoms with E-state index < -0.39 is 0 Å². The third-order valence-electron chi connectivity index (χ3n) is 9.79. The van der Waals surface area contributed by atoms with Crippen LogP contribution in [0.5, 0.6) is 0 Å². The van der Waals surface area contributed by atoms with Gasteiger partial charge >= 0.3 is 0 Å². The Morgan fingerprint density at radius 2 is 0.837 bits per heavy atom. The molecule has 3 heteroatoms. The zero-order valence-corrected chi connectivity index (χ0v) is 26.6. The molecule has 0 saturated heterocycles. The Labute approximate surface area is 283 Å². The highest BCUT2D eigenvalue weighted by atomic mass is 15.1. The smallest absolute Gasteiger partial charge is 0.145 e. The molecule has 49 heavy (non-hydrogen) atoms. The minimum atomic E-state index is 0.934. The fraction of sp³-hybridized carbons (Fsp3) is 0. The van der Waals surface area contributed by atoms with Gasteiger partial charge in [0.15, 0.2) is 0 Å². The molecule has 0 unspecified atom stereocenters. The third-order valence-corrected chi connectivity index (χ3v) is 9.79. The molecular weight excluding hydrogens is 595 g/mol. The lowest BCUT2D eigenvalue weighted by Crippen LogP contribution is -1.97. The number of rotatable bonds is 4. The molecule has 10 rings (SSSR count). The number of fused-ring (bicyclic) bond motifs is 9. The molecule has 3 nitrogen and oxygen atoms in total. The third kappa shape index (κ3) is 4.37. The van der Waals surface area contributed by atoms with Crippen LogP contribution < -0.4 is 0 Å². The van der Waals surface area contributed by atoms with Crippen molar-refractivity contribution in [1.82, 2.24) is 14.5 Å². The summed E-state index contributed by atoms with van der Waals surface area (Å²) in [5, 5.41) is 8.52. The fourth-order valence-electron chi connectivity index (χ4n) is 7.50. The van der Waals surface area contributed by atoms with Crippen molar-refractivity contribution < 1.29 is 0 Å². The van der Waals surface area contributed by atoms with Crippen molar-refractivity contribution in [3.8, 4) is 39.5 Å². The molecule has 0 amide bonds. The van der Waals surface area contributed by atoms with E-state index in [1.165, 1.54) is 32.3 Å². The van der Waals surface area contributed by atoms with Crippen LogP contribution >= 0.6 is 0 Å². The van der Waals surface area contributed by atoms with Gasteiger partial charge in [0.25, 0.3) is 0 Å². The van der Waals surface area contributed by atoms with E-state index in [1.807, 2.05) is 12.1 Å². The lowest BCUT2D eigenvalue weighted by atomic mass is 9.92. The van der Waals surface area contributed by atoms with Gasteiger partial charge in [-0.2, -0.15) is 0 Å². The van der Waals surface area contributed by atoms with Gasteiger partial charge in [0, 0.05) is 33.0 Å². The monoisotopic (exact) mass is 623 g/mol. The van der Waals surface area contributed by atoms with Crippen LogP contribution in [0, 0.1) is 0 Å². The summed E-state index contributed by atoms with van der Waals surface area (Å²) in [6, 6.07) is 62.4. The van der Waals surface area contributed by atoms with E-state index in [-0.39, 0.29) is 0 Å². The van der Waals surface area contributed by atoms with Crippen molar-refractivity contribution in [2.45, 2.75) is 0 Å². The van der Waals surface area contributed by atoms with Gasteiger partial charge in [-0.15, -0.1) is 0 Å². The van der Waals surface area contributed by atoms with Crippen LogP contribution in [0.1, 0.15) is 0 Å². The summed E-state index contributed by atoms with van der Waals surface area (Å²) < 4.78 is 2.24. The first-order chi connectivity index (χ1) is 24.3. The van der Waals surface area contributed by atoms with E-state index in [0.29, 0.717) is 0 Å². The van der Waals surface area contributed by atoms with Crippen molar-refractivity contribution in [3.05, 3.63) is 176 Å². The Bertz CT molecular complexity index is 2850. The molecule has 8 aromatic carbocycles. The second kappa shape index (κ2) is 11.0. The van der Waals surface area contributed by atoms with Crippen molar-refractivity contribution in [1.29, 1.82) is 0 Å². The maximum Gasteiger partial charge on any atom is 0.145 e. The number of benzene rings is 8. The first-order valence-corrected chi connectivity index (χ1v) is 16.7. The molecule has 2 aromatic heterocycles. The minimum Gasteiger partial charge on any atom is -0.292 e. The lowest BCUT2D eigenvalue weighted by Gasteiger charge is -2.15. The first kappa shape index (κ1) is 27.5. The second-order valence-corrected chi connectivity index (χ2v) is 12.6. The molecule has 0 aliphatic heterocycles. The maximum absolute atomic E-state index is 5.44. The van der Waals surface area contributed by atoms with E-state index in [4.69, 9.17) is 9.97 Å². The van der Waals surface area contributed by atoms with Gasteiger partial charge in [-0.05, 0) is 56.9 Å². The van der Waals surface area contributed by atoms with E-state index in [1.54, 1.807) is 0 Å². The van der Waals surface area contributed by atoms with Gasteiger partial charge in [-0.3, -0.25) is 4.57 Å². The molecule has 0 radical (unpaired) electrons. The zero-order valence-electron chi connectivity index (χ0n) is 26.6. The van der Waals surface area contributed by atoms with Crippen LogP contribution in [0.3, 0.4) is 0 Å². The summed E-state index contributed by atoms with van der Waals surface area (Å²) >= 11 is 0. The predicted molar refractivity (Wildman–Crippen MR) is 205 cm³/mol. The van der Waals surface area contributed by atoms with Gasteiger partial charge in [0.05, 0.1) is 22.2 Å².